The number of hydrogen-bond donors (Lipinski definition) is 1. The molecule has 0 radical (unpaired) electrons. The van der Waals surface area contributed by atoms with Crippen LogP contribution >= 0.6 is 0 Å². The molecule has 3 rings (SSSR count). The summed E-state index contributed by atoms with van der Waals surface area (Å²) in [5.41, 5.74) is 1.26. The quantitative estimate of drug-likeness (QED) is 0.425. The number of carbonyl (C=O) groups is 3. The molecule has 0 spiro atoms. The molecule has 0 aliphatic carbocycles. The van der Waals surface area contributed by atoms with E-state index in [4.69, 9.17) is 4.74 Å². The second kappa shape index (κ2) is 9.17. The van der Waals surface area contributed by atoms with E-state index in [1.165, 1.54) is 31.2 Å². The van der Waals surface area contributed by atoms with Crippen LogP contribution in [0.25, 0.3) is 0 Å². The van der Waals surface area contributed by atoms with E-state index in [1.807, 2.05) is 0 Å². The third-order valence-electron chi connectivity index (χ3n) is 4.71. The molecule has 1 aliphatic heterocycles. The van der Waals surface area contributed by atoms with Gasteiger partial charge < -0.3 is 15.0 Å². The minimum Gasteiger partial charge on any atom is -0.449 e. The van der Waals surface area contributed by atoms with E-state index in [2.05, 4.69) is 5.32 Å². The maximum Gasteiger partial charge on any atom is 0.338 e. The molecule has 30 heavy (non-hydrogen) atoms. The molecule has 9 nitrogen and oxygen atoms in total. The molecule has 2 aromatic rings. The third-order valence-corrected chi connectivity index (χ3v) is 4.71. The van der Waals surface area contributed by atoms with E-state index in [0.29, 0.717) is 13.0 Å². The molecule has 0 saturated carbocycles. The minimum atomic E-state index is -1.10. The maximum absolute atomic E-state index is 12.3. The summed E-state index contributed by atoms with van der Waals surface area (Å²) < 4.78 is 5.19. The van der Waals surface area contributed by atoms with Crippen LogP contribution in [-0.4, -0.2) is 40.3 Å². The van der Waals surface area contributed by atoms with E-state index < -0.39 is 22.9 Å². The predicted octanol–water partition coefficient (Wildman–Crippen LogP) is 2.90. The van der Waals surface area contributed by atoms with Crippen LogP contribution in [0.15, 0.2) is 48.5 Å². The van der Waals surface area contributed by atoms with E-state index in [1.54, 1.807) is 29.2 Å². The zero-order chi connectivity index (χ0) is 21.7. The monoisotopic (exact) mass is 411 g/mol. The van der Waals surface area contributed by atoms with Crippen molar-refractivity contribution in [2.75, 3.05) is 11.9 Å². The zero-order valence-corrected chi connectivity index (χ0v) is 16.4. The fourth-order valence-electron chi connectivity index (χ4n) is 3.06. The molecule has 2 amide bonds. The van der Waals surface area contributed by atoms with Crippen LogP contribution in [0.3, 0.4) is 0 Å². The molecule has 0 bridgehead atoms. The van der Waals surface area contributed by atoms with Crippen molar-refractivity contribution in [3.05, 3.63) is 69.8 Å². The number of rotatable bonds is 7. The molecule has 0 aromatic heterocycles. The van der Waals surface area contributed by atoms with Gasteiger partial charge >= 0.3 is 5.97 Å². The number of nitrogens with zero attached hydrogens (tertiary/aromatic N) is 2. The number of hydrogen-bond acceptors (Lipinski definition) is 6. The lowest BCUT2D eigenvalue weighted by atomic mass is 10.1. The number of anilines is 1. The second-order valence-corrected chi connectivity index (χ2v) is 6.96. The Bertz CT molecular complexity index is 973. The van der Waals surface area contributed by atoms with Crippen molar-refractivity contribution in [3.63, 3.8) is 0 Å². The summed E-state index contributed by atoms with van der Waals surface area (Å²) in [4.78, 5) is 48.3. The van der Waals surface area contributed by atoms with Crippen molar-refractivity contribution >= 4 is 29.2 Å². The number of nitro benzene ring substituents is 1. The summed E-state index contributed by atoms with van der Waals surface area (Å²) in [5, 5.41) is 13.3. The maximum atomic E-state index is 12.3. The van der Waals surface area contributed by atoms with Gasteiger partial charge in [-0.25, -0.2) is 4.79 Å². The number of nitro groups is 1. The van der Waals surface area contributed by atoms with Gasteiger partial charge in [0.2, 0.25) is 5.91 Å². The SMILES string of the molecule is CC(OC(=O)c1ccc(CN2CCCC2=O)cc1)C(=O)Nc1cccc([N+](=O)[O-])c1. The van der Waals surface area contributed by atoms with Crippen LogP contribution in [0, 0.1) is 10.1 Å². The van der Waals surface area contributed by atoms with Gasteiger partial charge in [-0.15, -0.1) is 0 Å². The Hall–Kier alpha value is -3.75. The number of non-ortho nitro benzene ring substituents is 1. The number of benzene rings is 2. The van der Waals surface area contributed by atoms with Crippen LogP contribution < -0.4 is 5.32 Å². The highest BCUT2D eigenvalue weighted by molar-refractivity contribution is 5.97. The largest absolute Gasteiger partial charge is 0.449 e. The first kappa shape index (κ1) is 21.0. The molecule has 1 fully saturated rings. The highest BCUT2D eigenvalue weighted by Gasteiger charge is 2.21. The van der Waals surface area contributed by atoms with Gasteiger partial charge in [0.25, 0.3) is 11.6 Å². The van der Waals surface area contributed by atoms with Crippen LogP contribution in [0.4, 0.5) is 11.4 Å². The fraction of sp³-hybridized carbons (Fsp3) is 0.286. The number of likely N-dealkylation sites (tertiary alicyclic amines) is 1. The fourth-order valence-corrected chi connectivity index (χ4v) is 3.06. The normalized spacial score (nSPS) is 14.3. The van der Waals surface area contributed by atoms with Crippen molar-refractivity contribution in [2.45, 2.75) is 32.4 Å². The first-order chi connectivity index (χ1) is 14.3. The minimum absolute atomic E-state index is 0.127. The summed E-state index contributed by atoms with van der Waals surface area (Å²) in [6, 6.07) is 12.1. The number of amides is 2. The Balaban J connectivity index is 1.55. The molecule has 1 aliphatic rings. The van der Waals surface area contributed by atoms with Gasteiger partial charge in [-0.3, -0.25) is 19.7 Å². The molecule has 1 heterocycles. The van der Waals surface area contributed by atoms with Crippen LogP contribution in [0.2, 0.25) is 0 Å². The summed E-state index contributed by atoms with van der Waals surface area (Å²) in [6.45, 7) is 2.65. The van der Waals surface area contributed by atoms with Crippen molar-refractivity contribution < 1.29 is 24.0 Å². The van der Waals surface area contributed by atoms with Gasteiger partial charge in [0, 0.05) is 37.3 Å². The molecule has 1 N–H and O–H groups in total. The van der Waals surface area contributed by atoms with Crippen LogP contribution in [0.1, 0.15) is 35.7 Å². The molecule has 1 unspecified atom stereocenters. The van der Waals surface area contributed by atoms with Gasteiger partial charge in [-0.1, -0.05) is 18.2 Å². The highest BCUT2D eigenvalue weighted by Crippen LogP contribution is 2.18. The molecular weight excluding hydrogens is 390 g/mol. The van der Waals surface area contributed by atoms with E-state index in [9.17, 15) is 24.5 Å². The Morgan fingerprint density at radius 2 is 1.97 bits per heavy atom. The summed E-state index contributed by atoms with van der Waals surface area (Å²) in [5.74, 6) is -1.14. The number of carbonyl (C=O) groups excluding carboxylic acids is 3. The average molecular weight is 411 g/mol. The van der Waals surface area contributed by atoms with Gasteiger partial charge in [0.05, 0.1) is 10.5 Å². The molecule has 1 saturated heterocycles. The van der Waals surface area contributed by atoms with Crippen molar-refractivity contribution in [1.82, 2.24) is 4.90 Å². The zero-order valence-electron chi connectivity index (χ0n) is 16.4. The molecule has 9 heteroatoms. The number of ether oxygens (including phenoxy) is 1. The smallest absolute Gasteiger partial charge is 0.338 e. The Kier molecular flexibility index (Phi) is 6.41. The van der Waals surface area contributed by atoms with Crippen molar-refractivity contribution in [2.24, 2.45) is 0 Å². The van der Waals surface area contributed by atoms with Crippen molar-refractivity contribution in [3.8, 4) is 0 Å². The second-order valence-electron chi connectivity index (χ2n) is 6.96. The summed E-state index contributed by atoms with van der Waals surface area (Å²) >= 11 is 0. The average Bonchev–Trinajstić information content (AvgIpc) is 3.13. The lowest BCUT2D eigenvalue weighted by molar-refractivity contribution is -0.384. The Morgan fingerprint density at radius 3 is 2.60 bits per heavy atom. The Morgan fingerprint density at radius 1 is 1.23 bits per heavy atom. The summed E-state index contributed by atoms with van der Waals surface area (Å²) in [7, 11) is 0. The van der Waals surface area contributed by atoms with E-state index in [-0.39, 0.29) is 22.8 Å². The van der Waals surface area contributed by atoms with Gasteiger partial charge in [-0.2, -0.15) is 0 Å². The predicted molar refractivity (Wildman–Crippen MR) is 108 cm³/mol. The Labute approximate surface area is 172 Å². The highest BCUT2D eigenvalue weighted by atomic mass is 16.6. The van der Waals surface area contributed by atoms with E-state index >= 15 is 0 Å². The van der Waals surface area contributed by atoms with Crippen LogP contribution in [-0.2, 0) is 20.9 Å². The third kappa shape index (κ3) is 5.19. The standard InChI is InChI=1S/C21H21N3O6/c1-14(20(26)22-17-4-2-5-18(12-17)24(28)29)30-21(27)16-9-7-15(8-10-16)13-23-11-3-6-19(23)25/h2,4-5,7-10,12,14H,3,6,11,13H2,1H3,(H,22,26). The van der Waals surface area contributed by atoms with Gasteiger partial charge in [0.1, 0.15) is 0 Å². The molecule has 1 atom stereocenters. The van der Waals surface area contributed by atoms with Gasteiger partial charge in [-0.05, 0) is 37.1 Å². The van der Waals surface area contributed by atoms with E-state index in [0.717, 1.165) is 18.5 Å². The topological polar surface area (TPSA) is 119 Å². The number of esters is 1. The molecular formula is C21H21N3O6. The first-order valence-corrected chi connectivity index (χ1v) is 9.46. The van der Waals surface area contributed by atoms with Crippen LogP contribution in [0.5, 0.6) is 0 Å². The van der Waals surface area contributed by atoms with Crippen molar-refractivity contribution in [1.29, 1.82) is 0 Å². The molecule has 2 aromatic carbocycles. The molecule has 156 valence electrons. The first-order valence-electron chi connectivity index (χ1n) is 9.46. The number of nitrogens with one attached hydrogen (secondary N) is 1. The lowest BCUT2D eigenvalue weighted by Crippen LogP contribution is -2.30. The van der Waals surface area contributed by atoms with Gasteiger partial charge in [0.15, 0.2) is 6.10 Å². The summed E-state index contributed by atoms with van der Waals surface area (Å²) in [6.07, 6.45) is 0.332. The lowest BCUT2D eigenvalue weighted by Gasteiger charge is -2.16.